The molecule has 22 heavy (non-hydrogen) atoms. The van der Waals surface area contributed by atoms with E-state index in [-0.39, 0.29) is 11.3 Å². The SMILES string of the molecule is Cc1onc(-c2ccccc2)c1C(=O)Oc1cncc(Cl)c1. The summed E-state index contributed by atoms with van der Waals surface area (Å²) < 4.78 is 10.4. The zero-order chi connectivity index (χ0) is 15.5. The molecule has 0 atom stereocenters. The fourth-order valence-corrected chi connectivity index (χ4v) is 2.18. The van der Waals surface area contributed by atoms with Crippen LogP contribution < -0.4 is 4.74 Å². The number of nitrogens with zero attached hydrogens (tertiary/aromatic N) is 2. The number of benzene rings is 1. The summed E-state index contributed by atoms with van der Waals surface area (Å²) in [6, 6.07) is 10.8. The molecule has 3 rings (SSSR count). The van der Waals surface area contributed by atoms with Crippen LogP contribution in [-0.4, -0.2) is 16.1 Å². The summed E-state index contributed by atoms with van der Waals surface area (Å²) in [6.45, 7) is 1.66. The number of hydrogen-bond acceptors (Lipinski definition) is 5. The van der Waals surface area contributed by atoms with Crippen LogP contribution in [-0.2, 0) is 0 Å². The number of hydrogen-bond donors (Lipinski definition) is 0. The van der Waals surface area contributed by atoms with Gasteiger partial charge in [0, 0.05) is 17.8 Å². The molecular weight excluding hydrogens is 304 g/mol. The van der Waals surface area contributed by atoms with Gasteiger partial charge in [-0.1, -0.05) is 47.1 Å². The van der Waals surface area contributed by atoms with Gasteiger partial charge in [0.15, 0.2) is 5.75 Å². The smallest absolute Gasteiger partial charge is 0.349 e. The van der Waals surface area contributed by atoms with E-state index in [4.69, 9.17) is 20.9 Å². The van der Waals surface area contributed by atoms with Gasteiger partial charge in [-0.2, -0.15) is 0 Å². The molecule has 0 aliphatic carbocycles. The summed E-state index contributed by atoms with van der Waals surface area (Å²) in [5, 5.41) is 4.33. The van der Waals surface area contributed by atoms with E-state index in [0.29, 0.717) is 16.5 Å². The Morgan fingerprint density at radius 3 is 2.73 bits per heavy atom. The van der Waals surface area contributed by atoms with Crippen LogP contribution in [0.5, 0.6) is 5.75 Å². The highest BCUT2D eigenvalue weighted by molar-refractivity contribution is 6.30. The van der Waals surface area contributed by atoms with Crippen molar-refractivity contribution in [1.29, 1.82) is 0 Å². The Bertz CT molecular complexity index is 815. The van der Waals surface area contributed by atoms with Gasteiger partial charge >= 0.3 is 5.97 Å². The molecule has 0 aliphatic heterocycles. The maximum atomic E-state index is 12.4. The first-order chi connectivity index (χ1) is 10.6. The van der Waals surface area contributed by atoms with E-state index in [9.17, 15) is 4.79 Å². The summed E-state index contributed by atoms with van der Waals surface area (Å²) in [4.78, 5) is 16.3. The quantitative estimate of drug-likeness (QED) is 0.686. The van der Waals surface area contributed by atoms with Crippen molar-refractivity contribution in [2.45, 2.75) is 6.92 Å². The average molecular weight is 315 g/mol. The van der Waals surface area contributed by atoms with Crippen LogP contribution in [0.2, 0.25) is 5.02 Å². The summed E-state index contributed by atoms with van der Waals surface area (Å²) in [5.41, 5.74) is 1.50. The summed E-state index contributed by atoms with van der Waals surface area (Å²) in [7, 11) is 0. The zero-order valence-electron chi connectivity index (χ0n) is 11.6. The molecule has 1 aromatic carbocycles. The van der Waals surface area contributed by atoms with E-state index < -0.39 is 5.97 Å². The van der Waals surface area contributed by atoms with Crippen molar-refractivity contribution in [2.24, 2.45) is 0 Å². The molecule has 0 saturated carbocycles. The lowest BCUT2D eigenvalue weighted by molar-refractivity contribution is 0.0733. The van der Waals surface area contributed by atoms with E-state index in [2.05, 4.69) is 10.1 Å². The molecule has 2 aromatic heterocycles. The Morgan fingerprint density at radius 1 is 1.23 bits per heavy atom. The van der Waals surface area contributed by atoms with Gasteiger partial charge in [0.2, 0.25) is 0 Å². The van der Waals surface area contributed by atoms with E-state index in [1.807, 2.05) is 30.3 Å². The van der Waals surface area contributed by atoms with Crippen LogP contribution in [0.4, 0.5) is 0 Å². The Labute approximate surface area is 131 Å². The fourth-order valence-electron chi connectivity index (χ4n) is 2.01. The Hall–Kier alpha value is -2.66. The van der Waals surface area contributed by atoms with Gasteiger partial charge in [0.25, 0.3) is 0 Å². The van der Waals surface area contributed by atoms with Crippen LogP contribution in [0, 0.1) is 6.92 Å². The van der Waals surface area contributed by atoms with Crippen LogP contribution in [0.15, 0.2) is 53.3 Å². The molecule has 0 amide bonds. The van der Waals surface area contributed by atoms with Crippen molar-refractivity contribution in [3.05, 3.63) is 65.1 Å². The molecular formula is C16H11ClN2O3. The minimum atomic E-state index is -0.568. The van der Waals surface area contributed by atoms with Crippen LogP contribution in [0.1, 0.15) is 16.1 Å². The number of rotatable bonds is 3. The third-order valence-electron chi connectivity index (χ3n) is 3.00. The molecule has 110 valence electrons. The van der Waals surface area contributed by atoms with Gasteiger partial charge in [-0.25, -0.2) is 4.79 Å². The largest absolute Gasteiger partial charge is 0.421 e. The lowest BCUT2D eigenvalue weighted by Gasteiger charge is -2.04. The van der Waals surface area contributed by atoms with Crippen molar-refractivity contribution in [3.63, 3.8) is 0 Å². The maximum Gasteiger partial charge on any atom is 0.349 e. The number of aryl methyl sites for hydroxylation is 1. The number of ether oxygens (including phenoxy) is 1. The Morgan fingerprint density at radius 2 is 2.00 bits per heavy atom. The van der Waals surface area contributed by atoms with Gasteiger partial charge in [-0.05, 0) is 6.92 Å². The molecule has 2 heterocycles. The molecule has 6 heteroatoms. The molecule has 0 bridgehead atoms. The molecule has 0 fully saturated rings. The third-order valence-corrected chi connectivity index (χ3v) is 3.21. The van der Waals surface area contributed by atoms with Crippen molar-refractivity contribution in [2.75, 3.05) is 0 Å². The zero-order valence-corrected chi connectivity index (χ0v) is 12.4. The van der Waals surface area contributed by atoms with Crippen molar-refractivity contribution >= 4 is 17.6 Å². The lowest BCUT2D eigenvalue weighted by Crippen LogP contribution is -2.10. The monoisotopic (exact) mass is 314 g/mol. The molecule has 0 spiro atoms. The predicted molar refractivity (Wildman–Crippen MR) is 80.9 cm³/mol. The minimum absolute atomic E-state index is 0.261. The van der Waals surface area contributed by atoms with Crippen LogP contribution in [0.3, 0.4) is 0 Å². The molecule has 3 aromatic rings. The second-order valence-corrected chi connectivity index (χ2v) is 4.99. The van der Waals surface area contributed by atoms with E-state index in [1.54, 1.807) is 6.92 Å². The molecule has 0 unspecified atom stereocenters. The Balaban J connectivity index is 1.95. The lowest BCUT2D eigenvalue weighted by atomic mass is 10.1. The number of pyridine rings is 1. The van der Waals surface area contributed by atoms with Crippen molar-refractivity contribution < 1.29 is 14.1 Å². The van der Waals surface area contributed by atoms with Crippen molar-refractivity contribution in [3.8, 4) is 17.0 Å². The fraction of sp³-hybridized carbons (Fsp3) is 0.0625. The first kappa shape index (κ1) is 14.3. The maximum absolute atomic E-state index is 12.4. The van der Waals surface area contributed by atoms with E-state index in [1.165, 1.54) is 18.5 Å². The highest BCUT2D eigenvalue weighted by Gasteiger charge is 2.23. The molecule has 0 N–H and O–H groups in total. The summed E-state index contributed by atoms with van der Waals surface area (Å²) in [5.74, 6) is 0.0811. The predicted octanol–water partition coefficient (Wildman–Crippen LogP) is 3.92. The number of carbonyl (C=O) groups is 1. The number of aromatic nitrogens is 2. The van der Waals surface area contributed by atoms with Gasteiger partial charge in [-0.3, -0.25) is 4.98 Å². The third kappa shape index (κ3) is 2.84. The van der Waals surface area contributed by atoms with Gasteiger partial charge in [0.1, 0.15) is 17.0 Å². The highest BCUT2D eigenvalue weighted by atomic mass is 35.5. The minimum Gasteiger partial charge on any atom is -0.421 e. The summed E-state index contributed by atoms with van der Waals surface area (Å²) in [6.07, 6.45) is 2.87. The molecule has 0 radical (unpaired) electrons. The van der Waals surface area contributed by atoms with Gasteiger partial charge < -0.3 is 9.26 Å². The van der Waals surface area contributed by atoms with E-state index in [0.717, 1.165) is 5.56 Å². The highest BCUT2D eigenvalue weighted by Crippen LogP contribution is 2.26. The van der Waals surface area contributed by atoms with Crippen LogP contribution >= 0.6 is 11.6 Å². The summed E-state index contributed by atoms with van der Waals surface area (Å²) >= 11 is 5.83. The molecule has 0 aliphatic rings. The standard InChI is InChI=1S/C16H11ClN2O3/c1-10-14(15(19-22-10)11-5-3-2-4-6-11)16(20)21-13-7-12(17)8-18-9-13/h2-9H,1H3. The van der Waals surface area contributed by atoms with Crippen molar-refractivity contribution in [1.82, 2.24) is 10.1 Å². The Kier molecular flexibility index (Phi) is 3.89. The number of halogens is 1. The van der Waals surface area contributed by atoms with E-state index >= 15 is 0 Å². The molecule has 5 nitrogen and oxygen atoms in total. The topological polar surface area (TPSA) is 65.2 Å². The second kappa shape index (κ2) is 5.99. The average Bonchev–Trinajstić information content (AvgIpc) is 2.90. The van der Waals surface area contributed by atoms with Gasteiger partial charge in [-0.15, -0.1) is 0 Å². The normalized spacial score (nSPS) is 10.5. The van der Waals surface area contributed by atoms with Gasteiger partial charge in [0.05, 0.1) is 11.2 Å². The van der Waals surface area contributed by atoms with Crippen LogP contribution in [0.25, 0.3) is 11.3 Å². The first-order valence-corrected chi connectivity index (χ1v) is 6.87. The number of carbonyl (C=O) groups excluding carboxylic acids is 1. The second-order valence-electron chi connectivity index (χ2n) is 4.56. The first-order valence-electron chi connectivity index (χ1n) is 6.49. The molecule has 0 saturated heterocycles. The number of esters is 1.